The highest BCUT2D eigenvalue weighted by Gasteiger charge is 2.51. The smallest absolute Gasteiger partial charge is 0.254 e. The molecule has 2 nitrogen and oxygen atoms in total. The maximum Gasteiger partial charge on any atom is 0.254 e. The first-order valence-corrected chi connectivity index (χ1v) is 5.75. The molecule has 0 spiro atoms. The molecule has 1 saturated heterocycles. The third kappa shape index (κ3) is 1.44. The van der Waals surface area contributed by atoms with Gasteiger partial charge in [-0.1, -0.05) is 31.0 Å². The minimum absolute atomic E-state index is 0.229. The molecule has 2 fully saturated rings. The lowest BCUT2D eigenvalue weighted by Gasteiger charge is -2.02. The fourth-order valence-electron chi connectivity index (χ4n) is 2.74. The molecule has 0 unspecified atom stereocenters. The fraction of sp³-hybridized carbons (Fsp3) is 0.462. The number of carbonyl (C=O) groups is 1. The van der Waals surface area contributed by atoms with Gasteiger partial charge in [-0.15, -0.1) is 0 Å². The quantitative estimate of drug-likeness (QED) is 0.639. The molecule has 2 aliphatic rings. The van der Waals surface area contributed by atoms with Gasteiger partial charge in [0, 0.05) is 5.56 Å². The van der Waals surface area contributed by atoms with Gasteiger partial charge >= 0.3 is 0 Å². The number of hydrogen-bond donors (Lipinski definition) is 0. The van der Waals surface area contributed by atoms with Crippen LogP contribution in [0.3, 0.4) is 0 Å². The molecule has 78 valence electrons. The lowest BCUT2D eigenvalue weighted by Crippen LogP contribution is -2.14. The predicted octanol–water partition coefficient (Wildman–Crippen LogP) is 2.45. The summed E-state index contributed by atoms with van der Waals surface area (Å²) in [5, 5.41) is 0. The van der Waals surface area contributed by atoms with Crippen molar-refractivity contribution in [1.82, 2.24) is 4.90 Å². The van der Waals surface area contributed by atoms with E-state index in [9.17, 15) is 4.79 Å². The molecule has 0 N–H and O–H groups in total. The summed E-state index contributed by atoms with van der Waals surface area (Å²) in [6, 6.07) is 10.8. The second-order valence-electron chi connectivity index (χ2n) is 4.50. The number of amides is 1. The Kier molecular flexibility index (Phi) is 2.01. The summed E-state index contributed by atoms with van der Waals surface area (Å²) in [6.45, 7) is 0. The van der Waals surface area contributed by atoms with Gasteiger partial charge in [-0.3, -0.25) is 4.79 Å². The van der Waals surface area contributed by atoms with Crippen molar-refractivity contribution in [3.8, 4) is 0 Å². The highest BCUT2D eigenvalue weighted by molar-refractivity contribution is 5.96. The van der Waals surface area contributed by atoms with Crippen LogP contribution in [-0.4, -0.2) is 22.9 Å². The molecule has 0 bridgehead atoms. The summed E-state index contributed by atoms with van der Waals surface area (Å²) < 4.78 is 0. The Morgan fingerprint density at radius 3 is 2.27 bits per heavy atom. The van der Waals surface area contributed by atoms with Crippen LogP contribution in [0.1, 0.15) is 36.0 Å². The molecule has 0 radical (unpaired) electrons. The molecule has 1 saturated carbocycles. The van der Waals surface area contributed by atoms with Crippen molar-refractivity contribution < 1.29 is 4.79 Å². The lowest BCUT2D eigenvalue weighted by atomic mass is 10.0. The van der Waals surface area contributed by atoms with Gasteiger partial charge in [0.05, 0.1) is 12.1 Å². The highest BCUT2D eigenvalue weighted by Crippen LogP contribution is 2.41. The Morgan fingerprint density at radius 1 is 1.07 bits per heavy atom. The van der Waals surface area contributed by atoms with E-state index in [1.807, 2.05) is 30.3 Å². The van der Waals surface area contributed by atoms with Crippen molar-refractivity contribution in [3.05, 3.63) is 35.9 Å². The fourth-order valence-corrected chi connectivity index (χ4v) is 2.74. The minimum Gasteiger partial charge on any atom is -0.329 e. The largest absolute Gasteiger partial charge is 0.329 e. The lowest BCUT2D eigenvalue weighted by molar-refractivity contribution is 0.0865. The molecule has 1 amide bonds. The molecule has 1 heterocycles. The van der Waals surface area contributed by atoms with Crippen LogP contribution in [0.15, 0.2) is 30.3 Å². The van der Waals surface area contributed by atoms with Gasteiger partial charge in [0.25, 0.3) is 5.91 Å². The molecule has 1 aromatic carbocycles. The number of hydrogen-bond acceptors (Lipinski definition) is 1. The van der Waals surface area contributed by atoms with Crippen LogP contribution in [0, 0.1) is 0 Å². The van der Waals surface area contributed by atoms with Crippen molar-refractivity contribution in [3.63, 3.8) is 0 Å². The van der Waals surface area contributed by atoms with Gasteiger partial charge < -0.3 is 4.90 Å². The van der Waals surface area contributed by atoms with Crippen LogP contribution in [-0.2, 0) is 0 Å². The van der Waals surface area contributed by atoms with E-state index >= 15 is 0 Å². The summed E-state index contributed by atoms with van der Waals surface area (Å²) in [5.74, 6) is 0.229. The number of fused-ring (bicyclic) bond motifs is 1. The Hall–Kier alpha value is -1.31. The average molecular weight is 201 g/mol. The van der Waals surface area contributed by atoms with Crippen LogP contribution in [0.2, 0.25) is 0 Å². The molecule has 1 aliphatic carbocycles. The topological polar surface area (TPSA) is 20.1 Å². The second-order valence-corrected chi connectivity index (χ2v) is 4.50. The Labute approximate surface area is 89.9 Å². The van der Waals surface area contributed by atoms with Crippen molar-refractivity contribution in [2.45, 2.75) is 37.8 Å². The van der Waals surface area contributed by atoms with Crippen LogP contribution in [0.25, 0.3) is 0 Å². The van der Waals surface area contributed by atoms with E-state index in [4.69, 9.17) is 0 Å². The maximum atomic E-state index is 12.1. The Balaban J connectivity index is 1.77. The van der Waals surface area contributed by atoms with Gasteiger partial charge in [0.2, 0.25) is 0 Å². The molecule has 1 aromatic rings. The number of nitrogens with zero attached hydrogens (tertiary/aromatic N) is 1. The molecule has 2 heteroatoms. The Morgan fingerprint density at radius 2 is 1.67 bits per heavy atom. The van der Waals surface area contributed by atoms with Crippen molar-refractivity contribution in [2.24, 2.45) is 0 Å². The van der Waals surface area contributed by atoms with Crippen LogP contribution >= 0.6 is 0 Å². The van der Waals surface area contributed by atoms with Crippen molar-refractivity contribution >= 4 is 5.91 Å². The van der Waals surface area contributed by atoms with Gasteiger partial charge in [0.15, 0.2) is 0 Å². The normalized spacial score (nSPS) is 28.4. The first-order valence-electron chi connectivity index (χ1n) is 5.75. The zero-order chi connectivity index (χ0) is 10.3. The standard InChI is InChI=1S/C13H15NO/c15-13(10-6-2-1-3-7-10)14-11-8-4-5-9-12(11)14/h1-3,6-7,11-12H,4-5,8-9H2/t11-,12+,14?. The summed E-state index contributed by atoms with van der Waals surface area (Å²) in [4.78, 5) is 14.2. The van der Waals surface area contributed by atoms with Crippen molar-refractivity contribution in [2.75, 3.05) is 0 Å². The summed E-state index contributed by atoms with van der Waals surface area (Å²) in [7, 11) is 0. The summed E-state index contributed by atoms with van der Waals surface area (Å²) >= 11 is 0. The van der Waals surface area contributed by atoms with Gasteiger partial charge in [-0.2, -0.15) is 0 Å². The van der Waals surface area contributed by atoms with Gasteiger partial charge in [0.1, 0.15) is 0 Å². The highest BCUT2D eigenvalue weighted by atomic mass is 16.2. The van der Waals surface area contributed by atoms with Crippen LogP contribution in [0.5, 0.6) is 0 Å². The Bertz CT molecular complexity index is 361. The number of benzene rings is 1. The predicted molar refractivity (Wildman–Crippen MR) is 58.7 cm³/mol. The number of rotatable bonds is 1. The number of carbonyl (C=O) groups excluding carboxylic acids is 1. The monoisotopic (exact) mass is 201 g/mol. The summed E-state index contributed by atoms with van der Waals surface area (Å²) in [5.41, 5.74) is 0.840. The minimum atomic E-state index is 0.229. The number of likely N-dealkylation sites (tertiary alicyclic amines) is 1. The average Bonchev–Trinajstić information content (AvgIpc) is 3.03. The van der Waals surface area contributed by atoms with E-state index in [0.717, 1.165) is 5.56 Å². The van der Waals surface area contributed by atoms with E-state index in [0.29, 0.717) is 12.1 Å². The first kappa shape index (κ1) is 8.96. The third-order valence-electron chi connectivity index (χ3n) is 3.57. The van der Waals surface area contributed by atoms with Crippen molar-refractivity contribution in [1.29, 1.82) is 0 Å². The molecule has 0 aromatic heterocycles. The molecule has 2 atom stereocenters. The molecular weight excluding hydrogens is 186 g/mol. The van der Waals surface area contributed by atoms with Crippen LogP contribution in [0.4, 0.5) is 0 Å². The SMILES string of the molecule is O=C(c1ccccc1)N1[C@@H]2CCCC[C@@H]21. The third-order valence-corrected chi connectivity index (χ3v) is 3.57. The van der Waals surface area contributed by atoms with E-state index < -0.39 is 0 Å². The van der Waals surface area contributed by atoms with Gasteiger partial charge in [-0.05, 0) is 25.0 Å². The maximum absolute atomic E-state index is 12.1. The van der Waals surface area contributed by atoms with E-state index in [1.54, 1.807) is 0 Å². The van der Waals surface area contributed by atoms with E-state index in [-0.39, 0.29) is 5.91 Å². The second kappa shape index (κ2) is 3.37. The van der Waals surface area contributed by atoms with Crippen LogP contribution < -0.4 is 0 Å². The zero-order valence-electron chi connectivity index (χ0n) is 8.73. The molecule has 3 rings (SSSR count). The zero-order valence-corrected chi connectivity index (χ0v) is 8.73. The van der Waals surface area contributed by atoms with E-state index in [2.05, 4.69) is 4.90 Å². The molecule has 1 aliphatic heterocycles. The first-order chi connectivity index (χ1) is 7.38. The molecule has 15 heavy (non-hydrogen) atoms. The van der Waals surface area contributed by atoms with E-state index in [1.165, 1.54) is 25.7 Å². The summed E-state index contributed by atoms with van der Waals surface area (Å²) in [6.07, 6.45) is 5.01. The molecular formula is C13H15NO. The van der Waals surface area contributed by atoms with Gasteiger partial charge in [-0.25, -0.2) is 0 Å².